The number of nitrogens with zero attached hydrogens (tertiary/aromatic N) is 1. The molecule has 0 aliphatic carbocycles. The minimum absolute atomic E-state index is 0.515. The van der Waals surface area contributed by atoms with E-state index in [1.807, 2.05) is 24.3 Å². The van der Waals surface area contributed by atoms with E-state index in [1.165, 1.54) is 12.7 Å². The van der Waals surface area contributed by atoms with Gasteiger partial charge in [0.15, 0.2) is 0 Å². The van der Waals surface area contributed by atoms with Crippen LogP contribution in [0.3, 0.4) is 0 Å². The zero-order valence-corrected chi connectivity index (χ0v) is 12.4. The SMILES string of the molecule is COC(=O)Nc1ccc(NCCc2cccc(Cl)c2)nc1. The predicted octanol–water partition coefficient (Wildman–Crippen LogP) is 3.57. The van der Waals surface area contributed by atoms with Gasteiger partial charge in [0.2, 0.25) is 0 Å². The number of hydrogen-bond acceptors (Lipinski definition) is 4. The molecule has 0 spiro atoms. The van der Waals surface area contributed by atoms with Crippen molar-refractivity contribution in [3.63, 3.8) is 0 Å². The number of aromatic nitrogens is 1. The number of halogens is 1. The Morgan fingerprint density at radius 3 is 2.86 bits per heavy atom. The molecule has 0 atom stereocenters. The highest BCUT2D eigenvalue weighted by atomic mass is 35.5. The Hall–Kier alpha value is -2.27. The van der Waals surface area contributed by atoms with Gasteiger partial charge >= 0.3 is 6.09 Å². The first-order valence-corrected chi connectivity index (χ1v) is 6.84. The van der Waals surface area contributed by atoms with Crippen LogP contribution in [-0.4, -0.2) is 24.7 Å². The average molecular weight is 306 g/mol. The van der Waals surface area contributed by atoms with Gasteiger partial charge in [0.25, 0.3) is 0 Å². The molecule has 0 aliphatic heterocycles. The Kier molecular flexibility index (Phi) is 5.40. The maximum Gasteiger partial charge on any atom is 0.411 e. The lowest BCUT2D eigenvalue weighted by Crippen LogP contribution is -2.11. The van der Waals surface area contributed by atoms with Crippen LogP contribution >= 0.6 is 11.6 Å². The molecular formula is C15H16ClN3O2. The van der Waals surface area contributed by atoms with Gasteiger partial charge in [-0.15, -0.1) is 0 Å². The number of benzene rings is 1. The standard InChI is InChI=1S/C15H16ClN3O2/c1-21-15(20)19-13-5-6-14(18-10-13)17-8-7-11-3-2-4-12(16)9-11/h2-6,9-10H,7-8H2,1H3,(H,17,18)(H,19,20). The smallest absolute Gasteiger partial charge is 0.411 e. The van der Waals surface area contributed by atoms with Crippen LogP contribution in [0.5, 0.6) is 0 Å². The van der Waals surface area contributed by atoms with Gasteiger partial charge in [-0.3, -0.25) is 5.32 Å². The second-order valence-electron chi connectivity index (χ2n) is 4.36. The lowest BCUT2D eigenvalue weighted by atomic mass is 10.1. The van der Waals surface area contributed by atoms with E-state index in [9.17, 15) is 4.79 Å². The minimum Gasteiger partial charge on any atom is -0.453 e. The van der Waals surface area contributed by atoms with E-state index in [0.717, 1.165) is 23.8 Å². The van der Waals surface area contributed by atoms with Crippen molar-refractivity contribution in [3.05, 3.63) is 53.2 Å². The Labute approximate surface area is 128 Å². The minimum atomic E-state index is -0.515. The van der Waals surface area contributed by atoms with E-state index < -0.39 is 6.09 Å². The quantitative estimate of drug-likeness (QED) is 0.886. The summed E-state index contributed by atoms with van der Waals surface area (Å²) in [7, 11) is 1.31. The van der Waals surface area contributed by atoms with Gasteiger partial charge in [-0.1, -0.05) is 23.7 Å². The summed E-state index contributed by atoms with van der Waals surface area (Å²) >= 11 is 5.93. The fourth-order valence-corrected chi connectivity index (χ4v) is 1.98. The van der Waals surface area contributed by atoms with E-state index in [2.05, 4.69) is 20.4 Å². The molecule has 0 saturated carbocycles. The number of ether oxygens (including phenoxy) is 1. The molecule has 21 heavy (non-hydrogen) atoms. The van der Waals surface area contributed by atoms with E-state index >= 15 is 0 Å². The molecule has 5 nitrogen and oxygen atoms in total. The summed E-state index contributed by atoms with van der Waals surface area (Å²) in [6, 6.07) is 11.3. The molecule has 1 heterocycles. The van der Waals surface area contributed by atoms with Crippen LogP contribution < -0.4 is 10.6 Å². The Morgan fingerprint density at radius 1 is 1.33 bits per heavy atom. The van der Waals surface area contributed by atoms with Crippen molar-refractivity contribution < 1.29 is 9.53 Å². The zero-order chi connectivity index (χ0) is 15.1. The van der Waals surface area contributed by atoms with Gasteiger partial charge in [0.05, 0.1) is 19.0 Å². The van der Waals surface area contributed by atoms with Gasteiger partial charge < -0.3 is 10.1 Å². The van der Waals surface area contributed by atoms with Crippen LogP contribution in [0, 0.1) is 0 Å². The summed E-state index contributed by atoms with van der Waals surface area (Å²) in [5.41, 5.74) is 1.75. The van der Waals surface area contributed by atoms with Crippen LogP contribution in [0.4, 0.5) is 16.3 Å². The number of hydrogen-bond donors (Lipinski definition) is 2. The number of carbonyl (C=O) groups excluding carboxylic acids is 1. The number of nitrogens with one attached hydrogen (secondary N) is 2. The Balaban J connectivity index is 1.82. The Bertz CT molecular complexity index is 602. The number of methoxy groups -OCH3 is 1. The van der Waals surface area contributed by atoms with Gasteiger partial charge in [-0.05, 0) is 36.2 Å². The fraction of sp³-hybridized carbons (Fsp3) is 0.200. The summed E-state index contributed by atoms with van der Waals surface area (Å²) in [6.45, 7) is 0.747. The average Bonchev–Trinajstić information content (AvgIpc) is 2.49. The number of carbonyl (C=O) groups is 1. The Morgan fingerprint density at radius 2 is 2.19 bits per heavy atom. The molecule has 1 amide bonds. The van der Waals surface area contributed by atoms with E-state index in [4.69, 9.17) is 11.6 Å². The number of pyridine rings is 1. The van der Waals surface area contributed by atoms with Gasteiger partial charge in [0.1, 0.15) is 5.82 Å². The normalized spacial score (nSPS) is 10.0. The van der Waals surface area contributed by atoms with Crippen LogP contribution in [-0.2, 0) is 11.2 Å². The first kappa shape index (κ1) is 15.1. The molecular weight excluding hydrogens is 290 g/mol. The monoisotopic (exact) mass is 305 g/mol. The van der Waals surface area contributed by atoms with Crippen molar-refractivity contribution in [3.8, 4) is 0 Å². The van der Waals surface area contributed by atoms with Gasteiger partial charge in [-0.2, -0.15) is 0 Å². The highest BCUT2D eigenvalue weighted by Gasteiger charge is 2.01. The third-order valence-electron chi connectivity index (χ3n) is 2.80. The molecule has 2 rings (SSSR count). The van der Waals surface area contributed by atoms with Crippen molar-refractivity contribution in [1.29, 1.82) is 0 Å². The maximum atomic E-state index is 11.0. The number of rotatable bonds is 5. The molecule has 0 bridgehead atoms. The van der Waals surface area contributed by atoms with E-state index in [0.29, 0.717) is 5.69 Å². The predicted molar refractivity (Wildman–Crippen MR) is 83.9 cm³/mol. The van der Waals surface area contributed by atoms with Crippen LogP contribution in [0.25, 0.3) is 0 Å². The second-order valence-corrected chi connectivity index (χ2v) is 4.79. The summed E-state index contributed by atoms with van der Waals surface area (Å²) < 4.78 is 4.50. The summed E-state index contributed by atoms with van der Waals surface area (Å²) in [5.74, 6) is 0.743. The largest absolute Gasteiger partial charge is 0.453 e. The third kappa shape index (κ3) is 4.96. The van der Waals surface area contributed by atoms with Gasteiger partial charge in [0, 0.05) is 11.6 Å². The molecule has 0 aliphatic rings. The van der Waals surface area contributed by atoms with E-state index in [1.54, 1.807) is 18.3 Å². The summed E-state index contributed by atoms with van der Waals surface area (Å²) in [6.07, 6.45) is 1.90. The molecule has 2 N–H and O–H groups in total. The van der Waals surface area contributed by atoms with Crippen molar-refractivity contribution in [2.24, 2.45) is 0 Å². The number of amides is 1. The molecule has 2 aromatic rings. The molecule has 1 aromatic carbocycles. The summed E-state index contributed by atoms with van der Waals surface area (Å²) in [5, 5.41) is 6.49. The van der Waals surface area contributed by atoms with Crippen LogP contribution in [0.15, 0.2) is 42.6 Å². The molecule has 0 unspecified atom stereocenters. The molecule has 6 heteroatoms. The second kappa shape index (κ2) is 7.50. The van der Waals surface area contributed by atoms with Gasteiger partial charge in [-0.25, -0.2) is 9.78 Å². The molecule has 0 radical (unpaired) electrons. The van der Waals surface area contributed by atoms with Crippen LogP contribution in [0.2, 0.25) is 5.02 Å². The fourth-order valence-electron chi connectivity index (χ4n) is 1.77. The van der Waals surface area contributed by atoms with E-state index in [-0.39, 0.29) is 0 Å². The molecule has 110 valence electrons. The topological polar surface area (TPSA) is 63.2 Å². The molecule has 0 fully saturated rings. The maximum absolute atomic E-state index is 11.0. The lowest BCUT2D eigenvalue weighted by Gasteiger charge is -2.07. The summed E-state index contributed by atoms with van der Waals surface area (Å²) in [4.78, 5) is 15.2. The third-order valence-corrected chi connectivity index (χ3v) is 3.04. The van der Waals surface area contributed by atoms with Crippen molar-refractivity contribution >= 4 is 29.2 Å². The lowest BCUT2D eigenvalue weighted by molar-refractivity contribution is 0.187. The molecule has 0 saturated heterocycles. The molecule has 1 aromatic heterocycles. The first-order chi connectivity index (χ1) is 10.2. The number of anilines is 2. The van der Waals surface area contributed by atoms with Crippen molar-refractivity contribution in [1.82, 2.24) is 4.98 Å². The van der Waals surface area contributed by atoms with Crippen molar-refractivity contribution in [2.45, 2.75) is 6.42 Å². The van der Waals surface area contributed by atoms with Crippen molar-refractivity contribution in [2.75, 3.05) is 24.3 Å². The first-order valence-electron chi connectivity index (χ1n) is 6.47. The highest BCUT2D eigenvalue weighted by molar-refractivity contribution is 6.30. The highest BCUT2D eigenvalue weighted by Crippen LogP contribution is 2.12. The zero-order valence-electron chi connectivity index (χ0n) is 11.6. The van der Waals surface area contributed by atoms with Crippen LogP contribution in [0.1, 0.15) is 5.56 Å².